The summed E-state index contributed by atoms with van der Waals surface area (Å²) in [5.41, 5.74) is 2.79. The molecule has 0 amide bonds. The molecular formula is C15H21BrN2S. The van der Waals surface area contributed by atoms with E-state index in [1.165, 1.54) is 24.2 Å². The van der Waals surface area contributed by atoms with Gasteiger partial charge in [-0.3, -0.25) is 4.99 Å². The van der Waals surface area contributed by atoms with Crippen molar-refractivity contribution >= 4 is 38.5 Å². The van der Waals surface area contributed by atoms with Crippen LogP contribution >= 0.6 is 27.7 Å². The topological polar surface area (TPSA) is 24.4 Å². The zero-order chi connectivity index (χ0) is 13.9. The highest BCUT2D eigenvalue weighted by Crippen LogP contribution is 2.35. The van der Waals surface area contributed by atoms with E-state index in [0.29, 0.717) is 5.41 Å². The molecule has 0 radical (unpaired) electrons. The Morgan fingerprint density at radius 1 is 1.37 bits per heavy atom. The minimum absolute atomic E-state index is 0.407. The van der Waals surface area contributed by atoms with Gasteiger partial charge in [0.2, 0.25) is 0 Å². The molecule has 1 heterocycles. The lowest BCUT2D eigenvalue weighted by molar-refractivity contribution is 0.318. The van der Waals surface area contributed by atoms with Crippen molar-refractivity contribution in [2.24, 2.45) is 10.4 Å². The number of thioether (sulfide) groups is 1. The van der Waals surface area contributed by atoms with Crippen LogP contribution in [0.1, 0.15) is 32.3 Å². The van der Waals surface area contributed by atoms with Gasteiger partial charge < -0.3 is 5.32 Å². The summed E-state index contributed by atoms with van der Waals surface area (Å²) in [7, 11) is 0. The van der Waals surface area contributed by atoms with Crippen molar-refractivity contribution in [2.75, 3.05) is 17.6 Å². The first kappa shape index (κ1) is 14.9. The lowest BCUT2D eigenvalue weighted by atomic mass is 9.84. The van der Waals surface area contributed by atoms with Gasteiger partial charge in [0.1, 0.15) is 0 Å². The molecule has 0 fully saturated rings. The molecule has 0 aliphatic carbocycles. The summed E-state index contributed by atoms with van der Waals surface area (Å²) >= 11 is 5.35. The van der Waals surface area contributed by atoms with Crippen LogP contribution in [-0.4, -0.2) is 17.5 Å². The number of nitrogens with zero attached hydrogens (tertiary/aromatic N) is 1. The number of nitrogens with one attached hydrogen (secondary N) is 1. The molecule has 0 bridgehead atoms. The van der Waals surface area contributed by atoms with Crippen LogP contribution in [-0.2, 0) is 0 Å². The Labute approximate surface area is 128 Å². The summed E-state index contributed by atoms with van der Waals surface area (Å²) < 4.78 is 1.12. The number of benzene rings is 1. The lowest BCUT2D eigenvalue weighted by Gasteiger charge is -2.33. The zero-order valence-corrected chi connectivity index (χ0v) is 14.2. The minimum Gasteiger partial charge on any atom is -0.335 e. The summed E-state index contributed by atoms with van der Waals surface area (Å²) in [5.74, 6) is 1.17. The number of rotatable bonds is 3. The monoisotopic (exact) mass is 340 g/mol. The molecule has 19 heavy (non-hydrogen) atoms. The molecular weight excluding hydrogens is 320 g/mol. The molecule has 4 heteroatoms. The third-order valence-corrected chi connectivity index (χ3v) is 5.76. The van der Waals surface area contributed by atoms with Gasteiger partial charge in [0.05, 0.1) is 0 Å². The molecule has 1 aliphatic heterocycles. The maximum absolute atomic E-state index is 4.74. The second-order valence-electron chi connectivity index (χ2n) is 5.20. The maximum Gasteiger partial charge on any atom is 0.161 e. The number of hydrogen-bond acceptors (Lipinski definition) is 3. The molecule has 0 unspecified atom stereocenters. The summed E-state index contributed by atoms with van der Waals surface area (Å²) in [4.78, 5) is 4.74. The Bertz CT molecular complexity index is 481. The fraction of sp³-hybridized carbons (Fsp3) is 0.533. The molecule has 0 spiro atoms. The fourth-order valence-electron chi connectivity index (χ4n) is 2.19. The highest BCUT2D eigenvalue weighted by molar-refractivity contribution is 9.10. The van der Waals surface area contributed by atoms with E-state index in [2.05, 4.69) is 60.2 Å². The average Bonchev–Trinajstić information content (AvgIpc) is 2.43. The van der Waals surface area contributed by atoms with Crippen molar-refractivity contribution in [1.29, 1.82) is 0 Å². The minimum atomic E-state index is 0.407. The molecule has 1 aromatic rings. The van der Waals surface area contributed by atoms with Crippen molar-refractivity contribution < 1.29 is 0 Å². The van der Waals surface area contributed by atoms with Crippen LogP contribution in [0.25, 0.3) is 0 Å². The van der Waals surface area contributed by atoms with Crippen molar-refractivity contribution in [2.45, 2.75) is 33.6 Å². The van der Waals surface area contributed by atoms with E-state index in [4.69, 9.17) is 4.99 Å². The molecule has 2 rings (SSSR count). The van der Waals surface area contributed by atoms with E-state index in [0.717, 1.165) is 21.9 Å². The van der Waals surface area contributed by atoms with Gasteiger partial charge in [-0.05, 0) is 48.9 Å². The fourth-order valence-corrected chi connectivity index (χ4v) is 3.94. The highest BCUT2D eigenvalue weighted by Gasteiger charge is 2.30. The van der Waals surface area contributed by atoms with E-state index >= 15 is 0 Å². The number of halogens is 1. The predicted octanol–water partition coefficient (Wildman–Crippen LogP) is 5.08. The summed E-state index contributed by atoms with van der Waals surface area (Å²) in [6, 6.07) is 6.29. The second kappa shape index (κ2) is 6.31. The Morgan fingerprint density at radius 2 is 2.11 bits per heavy atom. The van der Waals surface area contributed by atoms with Gasteiger partial charge in [0.15, 0.2) is 5.17 Å². The van der Waals surface area contributed by atoms with Crippen LogP contribution in [0, 0.1) is 12.3 Å². The maximum atomic E-state index is 4.74. The van der Waals surface area contributed by atoms with Crippen LogP contribution < -0.4 is 5.32 Å². The van der Waals surface area contributed by atoms with Gasteiger partial charge in [-0.1, -0.05) is 41.5 Å². The van der Waals surface area contributed by atoms with Crippen LogP contribution in [0.3, 0.4) is 0 Å². The molecule has 1 N–H and O–H groups in total. The SMILES string of the molecule is CCC1(CC)CN=C(Nc2ccc(Br)cc2C)SC1. The Kier molecular flexibility index (Phi) is 4.96. The first-order valence-electron chi connectivity index (χ1n) is 6.79. The predicted molar refractivity (Wildman–Crippen MR) is 90.3 cm³/mol. The van der Waals surface area contributed by atoms with Crippen molar-refractivity contribution in [3.05, 3.63) is 28.2 Å². The van der Waals surface area contributed by atoms with Crippen LogP contribution in [0.15, 0.2) is 27.7 Å². The lowest BCUT2D eigenvalue weighted by Crippen LogP contribution is -2.32. The standard InChI is InChI=1S/C15H21BrN2S/c1-4-15(5-2)9-17-14(19-10-15)18-13-7-6-12(16)8-11(13)3/h6-8H,4-5,9-10H2,1-3H3,(H,17,18). The summed E-state index contributed by atoms with van der Waals surface area (Å²) in [6.45, 7) is 7.61. The van der Waals surface area contributed by atoms with Crippen LogP contribution in [0.4, 0.5) is 5.69 Å². The average molecular weight is 341 g/mol. The van der Waals surface area contributed by atoms with Gasteiger partial charge in [0.25, 0.3) is 0 Å². The Hall–Kier alpha value is -0.480. The van der Waals surface area contributed by atoms with Crippen molar-refractivity contribution in [3.8, 4) is 0 Å². The zero-order valence-electron chi connectivity index (χ0n) is 11.8. The molecule has 1 aromatic carbocycles. The van der Waals surface area contributed by atoms with Gasteiger partial charge in [-0.15, -0.1) is 0 Å². The Balaban J connectivity index is 2.07. The Morgan fingerprint density at radius 3 is 2.63 bits per heavy atom. The molecule has 0 saturated heterocycles. The first-order valence-corrected chi connectivity index (χ1v) is 8.57. The van der Waals surface area contributed by atoms with E-state index in [-0.39, 0.29) is 0 Å². The normalized spacial score (nSPS) is 18.0. The van der Waals surface area contributed by atoms with E-state index in [1.807, 2.05) is 11.8 Å². The third-order valence-electron chi connectivity index (χ3n) is 4.00. The molecule has 0 aromatic heterocycles. The third kappa shape index (κ3) is 3.54. The van der Waals surface area contributed by atoms with Crippen molar-refractivity contribution in [3.63, 3.8) is 0 Å². The van der Waals surface area contributed by atoms with Gasteiger partial charge in [-0.25, -0.2) is 0 Å². The summed E-state index contributed by atoms with van der Waals surface area (Å²) in [6.07, 6.45) is 2.43. The quantitative estimate of drug-likeness (QED) is 0.829. The first-order chi connectivity index (χ1) is 9.08. The van der Waals surface area contributed by atoms with Gasteiger partial charge in [-0.2, -0.15) is 0 Å². The van der Waals surface area contributed by atoms with Gasteiger partial charge in [0, 0.05) is 22.5 Å². The van der Waals surface area contributed by atoms with E-state index < -0.39 is 0 Å². The molecule has 0 atom stereocenters. The number of aliphatic imine (C=N–C) groups is 1. The van der Waals surface area contributed by atoms with E-state index in [1.54, 1.807) is 0 Å². The molecule has 1 aliphatic rings. The smallest absolute Gasteiger partial charge is 0.161 e. The number of amidine groups is 1. The largest absolute Gasteiger partial charge is 0.335 e. The molecule has 2 nitrogen and oxygen atoms in total. The summed E-state index contributed by atoms with van der Waals surface area (Å²) in [5, 5.41) is 4.51. The van der Waals surface area contributed by atoms with Crippen LogP contribution in [0.2, 0.25) is 0 Å². The number of aryl methyl sites for hydroxylation is 1. The highest BCUT2D eigenvalue weighted by atomic mass is 79.9. The molecule has 104 valence electrons. The number of anilines is 1. The van der Waals surface area contributed by atoms with Crippen LogP contribution in [0.5, 0.6) is 0 Å². The van der Waals surface area contributed by atoms with Gasteiger partial charge >= 0.3 is 0 Å². The molecule has 0 saturated carbocycles. The van der Waals surface area contributed by atoms with Crippen molar-refractivity contribution in [1.82, 2.24) is 0 Å². The van der Waals surface area contributed by atoms with E-state index in [9.17, 15) is 0 Å². The number of hydrogen-bond donors (Lipinski definition) is 1. The second-order valence-corrected chi connectivity index (χ2v) is 7.08.